The summed E-state index contributed by atoms with van der Waals surface area (Å²) < 4.78 is 40.6. The molecule has 3 saturated heterocycles. The van der Waals surface area contributed by atoms with Crippen LogP contribution in [0.4, 0.5) is 0 Å². The summed E-state index contributed by atoms with van der Waals surface area (Å²) in [5, 5.41) is 157. The number of guanidine groups is 2. The third kappa shape index (κ3) is 19.5. The number of nitrogens with zero attached hydrogens (tertiary/aromatic N) is 3. The van der Waals surface area contributed by atoms with Gasteiger partial charge in [0.15, 0.2) is 24.4 Å². The van der Waals surface area contributed by atoms with Gasteiger partial charge in [-0.05, 0) is 47.4 Å². The van der Waals surface area contributed by atoms with Gasteiger partial charge in [-0.15, -0.1) is 0 Å². The number of aldehydes is 1. The van der Waals surface area contributed by atoms with E-state index in [0.29, 0.717) is 17.9 Å². The lowest BCUT2D eigenvalue weighted by atomic mass is 9.92. The quantitative estimate of drug-likeness (QED) is 0.0247. The maximum Gasteiger partial charge on any atom is 0.246 e. The SMILES string of the molecule is CCCOc1ccc(COCC2OC(OC3C(CO)OC(Oc4ccc(CC(NC(=O)C(NC(=O)CN)C(C)c5ccccc5)C(=O)NC(C(=O)NC(C(=O)NC(C=O)CO)C(O)C5CN=C(N)N5C5OC(CO)C(O)C(O)C5O)C(O)C5CN=C(N)N5)cc4)C(O)C3O)C(O)C(O)C2O)cc1. The van der Waals surface area contributed by atoms with E-state index in [9.17, 15) is 85.6 Å². The summed E-state index contributed by atoms with van der Waals surface area (Å²) in [5.74, 6) is -6.77. The lowest BCUT2D eigenvalue weighted by molar-refractivity contribution is -0.353. The van der Waals surface area contributed by atoms with E-state index in [1.165, 1.54) is 24.3 Å². The van der Waals surface area contributed by atoms with E-state index >= 15 is 9.59 Å². The lowest BCUT2D eigenvalue weighted by Gasteiger charge is -2.46. The largest absolute Gasteiger partial charge is 0.494 e. The van der Waals surface area contributed by atoms with Crippen LogP contribution in [0.1, 0.15) is 42.9 Å². The molecule has 0 bridgehead atoms. The van der Waals surface area contributed by atoms with Gasteiger partial charge in [-0.2, -0.15) is 0 Å². The molecule has 5 aliphatic heterocycles. The number of aliphatic hydroxyl groups is 13. The van der Waals surface area contributed by atoms with Gasteiger partial charge in [0, 0.05) is 12.3 Å². The number of aliphatic hydroxyl groups excluding tert-OH is 13. The lowest BCUT2D eigenvalue weighted by Crippen LogP contribution is -2.70. The van der Waals surface area contributed by atoms with Crippen LogP contribution in [0.15, 0.2) is 88.8 Å². The minimum Gasteiger partial charge on any atom is -0.494 e. The molecular weight excluding hydrogens is 1350 g/mol. The van der Waals surface area contributed by atoms with E-state index in [4.69, 9.17) is 50.4 Å². The fourth-order valence-corrected chi connectivity index (χ4v) is 12.0. The van der Waals surface area contributed by atoms with Crippen molar-refractivity contribution in [3.05, 3.63) is 95.6 Å². The monoisotopic (exact) mass is 1440 g/mol. The van der Waals surface area contributed by atoms with Crippen molar-refractivity contribution in [2.24, 2.45) is 27.2 Å². The number of rotatable bonds is 34. The van der Waals surface area contributed by atoms with Crippen LogP contribution in [0.5, 0.6) is 11.5 Å². The molecule has 3 fully saturated rings. The van der Waals surface area contributed by atoms with Crippen molar-refractivity contribution in [1.29, 1.82) is 0 Å². The summed E-state index contributed by atoms with van der Waals surface area (Å²) in [6.45, 7) is -0.367. The van der Waals surface area contributed by atoms with Gasteiger partial charge in [0.2, 0.25) is 35.8 Å². The number of ether oxygens (including phenoxy) is 7. The van der Waals surface area contributed by atoms with Crippen LogP contribution in [0, 0.1) is 0 Å². The molecule has 0 aromatic heterocycles. The molecular formula is C64H92N12O26. The van der Waals surface area contributed by atoms with Crippen molar-refractivity contribution >= 4 is 47.7 Å². The first kappa shape index (κ1) is 79.8. The predicted octanol–water partition coefficient (Wildman–Crippen LogP) is -10.6. The number of amides is 5. The molecule has 102 heavy (non-hydrogen) atoms. The number of hydrogen-bond donors (Lipinski definition) is 22. The Morgan fingerprint density at radius 3 is 1.88 bits per heavy atom. The highest BCUT2D eigenvalue weighted by Gasteiger charge is 2.54. The molecule has 25 atom stereocenters. The van der Waals surface area contributed by atoms with Crippen LogP contribution in [-0.2, 0) is 65.5 Å². The van der Waals surface area contributed by atoms with Gasteiger partial charge < -0.3 is 158 Å². The van der Waals surface area contributed by atoms with Gasteiger partial charge in [0.1, 0.15) is 133 Å². The van der Waals surface area contributed by atoms with Crippen LogP contribution in [-0.4, -0.2) is 318 Å². The van der Waals surface area contributed by atoms with E-state index in [1.54, 1.807) is 61.5 Å². The number of carbonyl (C=O) groups excluding carboxylic acids is 6. The Kier molecular flexibility index (Phi) is 28.9. The second-order valence-corrected chi connectivity index (χ2v) is 25.1. The molecule has 3 aromatic carbocycles. The molecule has 3 aromatic rings. The fourth-order valence-electron chi connectivity index (χ4n) is 12.0. The van der Waals surface area contributed by atoms with Gasteiger partial charge in [-0.1, -0.05) is 68.4 Å². The molecule has 5 heterocycles. The summed E-state index contributed by atoms with van der Waals surface area (Å²) in [6, 6.07) is 8.45. The Labute approximate surface area is 583 Å². The Morgan fingerprint density at radius 1 is 0.657 bits per heavy atom. The molecule has 0 saturated carbocycles. The van der Waals surface area contributed by atoms with Gasteiger partial charge in [-0.3, -0.25) is 34.0 Å². The van der Waals surface area contributed by atoms with E-state index in [1.807, 2.05) is 6.92 Å². The first-order valence-corrected chi connectivity index (χ1v) is 32.9. The number of carbonyl (C=O) groups is 6. The molecule has 38 heteroatoms. The van der Waals surface area contributed by atoms with Crippen LogP contribution in [0.2, 0.25) is 0 Å². The normalized spacial score (nSPS) is 30.3. The number of nitrogens with one attached hydrogen (secondary N) is 6. The zero-order valence-electron chi connectivity index (χ0n) is 55.5. The van der Waals surface area contributed by atoms with Crippen molar-refractivity contribution < 1.29 is 128 Å². The highest BCUT2D eigenvalue weighted by molar-refractivity contribution is 5.97. The second kappa shape index (κ2) is 37.0. The second-order valence-electron chi connectivity index (χ2n) is 25.1. The number of aliphatic imine (C=N–C) groups is 2. The summed E-state index contributed by atoms with van der Waals surface area (Å²) in [5.41, 5.74) is 19.3. The Morgan fingerprint density at radius 2 is 1.25 bits per heavy atom. The van der Waals surface area contributed by atoms with Gasteiger partial charge in [0.25, 0.3) is 0 Å². The minimum absolute atomic E-state index is 0.0491. The molecule has 0 spiro atoms. The molecule has 25 unspecified atom stereocenters. The molecule has 38 nitrogen and oxygen atoms in total. The zero-order valence-corrected chi connectivity index (χ0v) is 55.5. The maximum absolute atomic E-state index is 15.2. The highest BCUT2D eigenvalue weighted by atomic mass is 16.7. The first-order chi connectivity index (χ1) is 48.7. The van der Waals surface area contributed by atoms with E-state index in [-0.39, 0.29) is 43.3 Å². The molecule has 25 N–H and O–H groups in total. The van der Waals surface area contributed by atoms with Crippen LogP contribution < -0.4 is 58.6 Å². The molecule has 564 valence electrons. The van der Waals surface area contributed by atoms with E-state index in [0.717, 1.165) is 16.9 Å². The third-order valence-corrected chi connectivity index (χ3v) is 17.9. The Balaban J connectivity index is 1.03. The maximum atomic E-state index is 15.2. The van der Waals surface area contributed by atoms with Crippen molar-refractivity contribution in [3.8, 4) is 11.5 Å². The van der Waals surface area contributed by atoms with Gasteiger partial charge >= 0.3 is 0 Å². The Hall–Kier alpha value is -7.94. The topological polar surface area (TPSA) is 608 Å². The molecule has 0 radical (unpaired) electrons. The standard InChI is InChI=1S/C64H92N12O26/c1-3-17-97-33-13-11-30(12-14-33)26-96-27-40-48(85)50(87)53(90)62(101-40)102-55-39(25-80)100-61(54(91)51(55)88)98-34-15-9-29(10-16-34)18-35(71-57(93)42(73-41(81)19-65)28(2)31-7-5-4-6-8-31)56(92)74-43(45(82)36-20-68-63(66)72-36)59(95)75-44(58(94)70-32(22-77)23-78)46(83)37-21-69-64(67)76(37)60-52(89)49(86)47(84)38(24-79)99-60/h4-16,22,28,32,35-40,42-55,60-62,78-80,82-91H,3,17-21,23-27,65H2,1-2H3,(H2,67,69)(H,70,94)(H,71,93)(H,73,81)(H,74,92)(H,75,95)(H3,66,68,72). The van der Waals surface area contributed by atoms with Crippen molar-refractivity contribution in [2.75, 3.05) is 52.7 Å². The van der Waals surface area contributed by atoms with Crippen LogP contribution >= 0.6 is 0 Å². The van der Waals surface area contributed by atoms with Crippen LogP contribution in [0.25, 0.3) is 0 Å². The van der Waals surface area contributed by atoms with E-state index in [2.05, 4.69) is 41.9 Å². The van der Waals surface area contributed by atoms with Gasteiger partial charge in [0.05, 0.1) is 71.4 Å². The number of nitrogens with two attached hydrogens (primary N) is 3. The predicted molar refractivity (Wildman–Crippen MR) is 350 cm³/mol. The zero-order chi connectivity index (χ0) is 74.2. The van der Waals surface area contributed by atoms with Gasteiger partial charge in [-0.25, -0.2) is 0 Å². The first-order valence-electron chi connectivity index (χ1n) is 32.9. The molecule has 5 amide bonds. The highest BCUT2D eigenvalue weighted by Crippen LogP contribution is 2.33. The number of benzene rings is 3. The third-order valence-electron chi connectivity index (χ3n) is 17.9. The average molecular weight is 1450 g/mol. The molecule has 8 rings (SSSR count). The van der Waals surface area contributed by atoms with Crippen LogP contribution in [0.3, 0.4) is 0 Å². The van der Waals surface area contributed by atoms with E-state index < -0.39 is 227 Å². The summed E-state index contributed by atoms with van der Waals surface area (Å²) in [4.78, 5) is 93.2. The summed E-state index contributed by atoms with van der Waals surface area (Å²) >= 11 is 0. The Bertz CT molecular complexity index is 3300. The smallest absolute Gasteiger partial charge is 0.246 e. The summed E-state index contributed by atoms with van der Waals surface area (Å²) in [6.07, 6.45) is -30.5. The summed E-state index contributed by atoms with van der Waals surface area (Å²) in [7, 11) is 0. The minimum atomic E-state index is -2.30. The van der Waals surface area contributed by atoms with Crippen molar-refractivity contribution in [3.63, 3.8) is 0 Å². The molecule has 0 aliphatic carbocycles. The average Bonchev–Trinajstić information content (AvgIpc) is 1.39. The molecule has 5 aliphatic rings. The van der Waals surface area contributed by atoms with Crippen molar-refractivity contribution in [2.45, 2.75) is 186 Å². The van der Waals surface area contributed by atoms with Crippen molar-refractivity contribution in [1.82, 2.24) is 36.8 Å². The fraction of sp³-hybridized carbons (Fsp3) is 0.594. The number of hydrogen-bond acceptors (Lipinski definition) is 33.